The lowest BCUT2D eigenvalue weighted by molar-refractivity contribution is 0.0956. The third-order valence-corrected chi connectivity index (χ3v) is 3.23. The van der Waals surface area contributed by atoms with E-state index in [0.29, 0.717) is 12.5 Å². The highest BCUT2D eigenvalue weighted by atomic mass is 16.5. The summed E-state index contributed by atoms with van der Waals surface area (Å²) in [4.78, 5) is 0. The second-order valence-corrected chi connectivity index (χ2v) is 4.74. The van der Waals surface area contributed by atoms with E-state index in [1.807, 2.05) is 24.3 Å². The first-order chi connectivity index (χ1) is 9.77. The molecule has 0 saturated carbocycles. The first-order valence-corrected chi connectivity index (χ1v) is 7.03. The van der Waals surface area contributed by atoms with Crippen LogP contribution in [0.5, 0.6) is 0 Å². The summed E-state index contributed by atoms with van der Waals surface area (Å²) in [6, 6.07) is 10.2. The smallest absolute Gasteiger partial charge is 0.0791 e. The normalized spacial score (nSPS) is 14.2. The van der Waals surface area contributed by atoms with Crippen molar-refractivity contribution >= 4 is 0 Å². The highest BCUT2D eigenvalue weighted by Crippen LogP contribution is 2.16. The van der Waals surface area contributed by atoms with Gasteiger partial charge in [0.2, 0.25) is 0 Å². The summed E-state index contributed by atoms with van der Waals surface area (Å²) in [7, 11) is 0. The largest absolute Gasteiger partial charge is 0.516 e. The van der Waals surface area contributed by atoms with E-state index in [0.717, 1.165) is 19.3 Å². The molecule has 0 radical (unpaired) electrons. The van der Waals surface area contributed by atoms with E-state index in [2.05, 4.69) is 32.1 Å². The van der Waals surface area contributed by atoms with E-state index in [-0.39, 0.29) is 0 Å². The van der Waals surface area contributed by atoms with Gasteiger partial charge in [-0.1, -0.05) is 61.1 Å². The lowest BCUT2D eigenvalue weighted by Gasteiger charge is -2.15. The predicted molar refractivity (Wildman–Crippen MR) is 84.5 cm³/mol. The van der Waals surface area contributed by atoms with Crippen LogP contribution < -0.4 is 0 Å². The van der Waals surface area contributed by atoms with Gasteiger partial charge < -0.3 is 9.84 Å². The quantitative estimate of drug-likeness (QED) is 0.544. The number of aliphatic hydroxyl groups is 1. The number of aliphatic hydroxyl groups excluding tert-OH is 1. The van der Waals surface area contributed by atoms with Gasteiger partial charge in [0, 0.05) is 5.92 Å². The van der Waals surface area contributed by atoms with Crippen LogP contribution in [0.2, 0.25) is 0 Å². The Morgan fingerprint density at radius 3 is 2.60 bits per heavy atom. The molecule has 108 valence electrons. The number of allylic oxidation sites excluding steroid dienone is 4. The van der Waals surface area contributed by atoms with E-state index >= 15 is 0 Å². The molecule has 0 bridgehead atoms. The van der Waals surface area contributed by atoms with Crippen LogP contribution in [-0.4, -0.2) is 11.7 Å². The fraction of sp³-hybridized carbons (Fsp3) is 0.333. The number of rotatable bonds is 8. The molecule has 1 N–H and O–H groups in total. The molecule has 0 amide bonds. The topological polar surface area (TPSA) is 29.5 Å². The summed E-state index contributed by atoms with van der Waals surface area (Å²) >= 11 is 0. The Hall–Kier alpha value is -1.80. The van der Waals surface area contributed by atoms with Crippen molar-refractivity contribution in [1.29, 1.82) is 0 Å². The number of ether oxygens (including phenoxy) is 1. The summed E-state index contributed by atoms with van der Waals surface area (Å²) in [5.41, 5.74) is 2.50. The molecular weight excluding hydrogens is 248 g/mol. The summed E-state index contributed by atoms with van der Waals surface area (Å²) in [5.74, 6) is 0.432. The maximum atomic E-state index is 8.54. The maximum Gasteiger partial charge on any atom is 0.0791 e. The van der Waals surface area contributed by atoms with Crippen molar-refractivity contribution in [1.82, 2.24) is 0 Å². The summed E-state index contributed by atoms with van der Waals surface area (Å²) < 4.78 is 5.80. The standard InChI is InChI=1S/C18H24O2/c1-3-18(16(2)10-6-5-9-13-19)15-20-14-17-11-7-4-8-12-17/h4-13,18-19H,3,14-15H2,1-2H3/b6-5-,13-9+,16-10+. The van der Waals surface area contributed by atoms with Crippen LogP contribution in [0.3, 0.4) is 0 Å². The van der Waals surface area contributed by atoms with Gasteiger partial charge >= 0.3 is 0 Å². The third kappa shape index (κ3) is 6.39. The average Bonchev–Trinajstić information content (AvgIpc) is 2.49. The zero-order chi connectivity index (χ0) is 14.6. The SMILES string of the molecule is CCC(COCc1ccccc1)/C(C)=C/C=C\C=C\O. The van der Waals surface area contributed by atoms with Crippen LogP contribution >= 0.6 is 0 Å². The minimum Gasteiger partial charge on any atom is -0.516 e. The third-order valence-electron chi connectivity index (χ3n) is 3.23. The van der Waals surface area contributed by atoms with Crippen LogP contribution in [0.4, 0.5) is 0 Å². The van der Waals surface area contributed by atoms with Crippen molar-refractivity contribution in [3.8, 4) is 0 Å². The molecule has 1 rings (SSSR count). The van der Waals surface area contributed by atoms with E-state index in [1.54, 1.807) is 12.2 Å². The average molecular weight is 272 g/mol. The van der Waals surface area contributed by atoms with Crippen LogP contribution in [0.25, 0.3) is 0 Å². The monoisotopic (exact) mass is 272 g/mol. The van der Waals surface area contributed by atoms with Crippen molar-refractivity contribution in [2.75, 3.05) is 6.61 Å². The van der Waals surface area contributed by atoms with E-state index < -0.39 is 0 Å². The Labute approximate surface area is 122 Å². The highest BCUT2D eigenvalue weighted by molar-refractivity contribution is 5.17. The first-order valence-electron chi connectivity index (χ1n) is 7.03. The van der Waals surface area contributed by atoms with Crippen molar-refractivity contribution in [2.45, 2.75) is 26.9 Å². The fourth-order valence-corrected chi connectivity index (χ4v) is 1.92. The molecule has 0 aromatic heterocycles. The summed E-state index contributed by atoms with van der Waals surface area (Å²) in [6.07, 6.45) is 9.49. The molecule has 0 aliphatic heterocycles. The van der Waals surface area contributed by atoms with E-state index in [9.17, 15) is 0 Å². The van der Waals surface area contributed by atoms with Crippen molar-refractivity contribution in [3.05, 3.63) is 72.0 Å². The Kier molecular flexibility index (Phi) is 8.16. The predicted octanol–water partition coefficient (Wildman–Crippen LogP) is 4.80. The van der Waals surface area contributed by atoms with E-state index in [4.69, 9.17) is 9.84 Å². The second-order valence-electron chi connectivity index (χ2n) is 4.74. The first kappa shape index (κ1) is 16.3. The molecule has 1 aromatic carbocycles. The molecule has 0 spiro atoms. The van der Waals surface area contributed by atoms with Crippen molar-refractivity contribution < 1.29 is 9.84 Å². The minimum atomic E-state index is 0.432. The van der Waals surface area contributed by atoms with Gasteiger partial charge in [-0.25, -0.2) is 0 Å². The molecule has 2 nitrogen and oxygen atoms in total. The summed E-state index contributed by atoms with van der Waals surface area (Å²) in [6.45, 7) is 5.68. The highest BCUT2D eigenvalue weighted by Gasteiger charge is 2.08. The lowest BCUT2D eigenvalue weighted by Crippen LogP contribution is -2.10. The summed E-state index contributed by atoms with van der Waals surface area (Å²) in [5, 5.41) is 8.54. The molecule has 20 heavy (non-hydrogen) atoms. The molecular formula is C18H24O2. The number of hydrogen-bond donors (Lipinski definition) is 1. The van der Waals surface area contributed by atoms with Gasteiger partial charge in [-0.05, 0) is 25.0 Å². The van der Waals surface area contributed by atoms with Gasteiger partial charge in [0.05, 0.1) is 19.5 Å². The van der Waals surface area contributed by atoms with Crippen LogP contribution in [0.1, 0.15) is 25.8 Å². The molecule has 1 aromatic rings. The Morgan fingerprint density at radius 1 is 1.20 bits per heavy atom. The second kappa shape index (κ2) is 10.0. The van der Waals surface area contributed by atoms with Gasteiger partial charge in [0.1, 0.15) is 0 Å². The Balaban J connectivity index is 2.42. The Bertz CT molecular complexity index is 444. The van der Waals surface area contributed by atoms with Crippen LogP contribution in [0.15, 0.2) is 66.5 Å². The molecule has 1 unspecified atom stereocenters. The van der Waals surface area contributed by atoms with Crippen LogP contribution in [-0.2, 0) is 11.3 Å². The zero-order valence-electron chi connectivity index (χ0n) is 12.3. The van der Waals surface area contributed by atoms with E-state index in [1.165, 1.54) is 11.1 Å². The zero-order valence-corrected chi connectivity index (χ0v) is 12.3. The molecule has 0 fully saturated rings. The number of benzene rings is 1. The fourth-order valence-electron chi connectivity index (χ4n) is 1.92. The Morgan fingerprint density at radius 2 is 1.95 bits per heavy atom. The van der Waals surface area contributed by atoms with Crippen molar-refractivity contribution in [2.24, 2.45) is 5.92 Å². The van der Waals surface area contributed by atoms with Gasteiger partial charge in [-0.2, -0.15) is 0 Å². The minimum absolute atomic E-state index is 0.432. The molecule has 0 heterocycles. The van der Waals surface area contributed by atoms with Gasteiger partial charge in [0.25, 0.3) is 0 Å². The molecule has 0 aliphatic rings. The molecule has 2 heteroatoms. The number of hydrogen-bond acceptors (Lipinski definition) is 2. The molecule has 1 atom stereocenters. The molecule has 0 aliphatic carbocycles. The van der Waals surface area contributed by atoms with Crippen LogP contribution in [0, 0.1) is 5.92 Å². The van der Waals surface area contributed by atoms with Gasteiger partial charge in [0.15, 0.2) is 0 Å². The van der Waals surface area contributed by atoms with Gasteiger partial charge in [-0.3, -0.25) is 0 Å². The molecule has 0 saturated heterocycles. The maximum absolute atomic E-state index is 8.54. The van der Waals surface area contributed by atoms with Gasteiger partial charge in [-0.15, -0.1) is 0 Å². The van der Waals surface area contributed by atoms with Crippen molar-refractivity contribution in [3.63, 3.8) is 0 Å². The lowest BCUT2D eigenvalue weighted by atomic mass is 9.98.